The van der Waals surface area contributed by atoms with Crippen LogP contribution in [0.2, 0.25) is 0 Å². The van der Waals surface area contributed by atoms with E-state index >= 15 is 0 Å². The molecule has 0 N–H and O–H groups in total. The summed E-state index contributed by atoms with van der Waals surface area (Å²) in [5, 5.41) is 0. The minimum absolute atomic E-state index is 0.0869. The highest BCUT2D eigenvalue weighted by Gasteiger charge is 2.45. The molecule has 2 aliphatic heterocycles. The number of likely N-dealkylation sites (tertiary alicyclic amines) is 1. The first-order valence-electron chi connectivity index (χ1n) is 9.49. The van der Waals surface area contributed by atoms with Gasteiger partial charge in [0.1, 0.15) is 11.5 Å². The molecule has 2 aliphatic rings. The maximum absolute atomic E-state index is 13.1. The highest BCUT2D eigenvalue weighted by molar-refractivity contribution is 6.23. The van der Waals surface area contributed by atoms with Crippen molar-refractivity contribution in [3.63, 3.8) is 0 Å². The molecule has 0 unspecified atom stereocenters. The Balaban J connectivity index is 1.79. The monoisotopic (exact) mass is 390 g/mol. The van der Waals surface area contributed by atoms with E-state index in [-0.39, 0.29) is 30.1 Å². The first-order valence-corrected chi connectivity index (χ1v) is 9.49. The van der Waals surface area contributed by atoms with Crippen LogP contribution in [-0.4, -0.2) is 62.6 Å². The van der Waals surface area contributed by atoms with Gasteiger partial charge in [0.2, 0.25) is 5.91 Å². The van der Waals surface area contributed by atoms with Crippen LogP contribution in [0.25, 0.3) is 0 Å². The summed E-state index contributed by atoms with van der Waals surface area (Å²) >= 11 is 0. The summed E-state index contributed by atoms with van der Waals surface area (Å²) in [6.45, 7) is 3.21. The third-order valence-corrected chi connectivity index (χ3v) is 5.26. The summed E-state index contributed by atoms with van der Waals surface area (Å²) in [5.74, 6) is -0.108. The van der Waals surface area contributed by atoms with Crippen LogP contribution >= 0.6 is 0 Å². The topological polar surface area (TPSA) is 85.4 Å². The molecule has 8 nitrogen and oxygen atoms in total. The molecule has 2 fully saturated rings. The molecule has 1 aromatic carbocycles. The average Bonchev–Trinajstić information content (AvgIpc) is 3.01. The second kappa shape index (κ2) is 8.60. The van der Waals surface area contributed by atoms with Gasteiger partial charge in [-0.3, -0.25) is 19.3 Å². The predicted molar refractivity (Wildman–Crippen MR) is 101 cm³/mol. The Labute approximate surface area is 164 Å². The Kier molecular flexibility index (Phi) is 6.18. The van der Waals surface area contributed by atoms with Gasteiger partial charge in [-0.25, -0.2) is 4.90 Å². The van der Waals surface area contributed by atoms with Gasteiger partial charge in [0.25, 0.3) is 5.91 Å². The lowest BCUT2D eigenvalue weighted by Gasteiger charge is -2.34. The third-order valence-electron chi connectivity index (χ3n) is 5.26. The molecule has 0 radical (unpaired) electrons. The molecular formula is C20H26N2O6. The molecule has 0 saturated carbocycles. The molecule has 2 saturated heterocycles. The lowest BCUT2D eigenvalue weighted by atomic mass is 9.96. The molecule has 1 aromatic rings. The number of carbonyl (C=O) groups excluding carboxylic acids is 3. The van der Waals surface area contributed by atoms with Gasteiger partial charge in [-0.05, 0) is 38.4 Å². The van der Waals surface area contributed by atoms with Crippen molar-refractivity contribution in [3.8, 4) is 11.5 Å². The quantitative estimate of drug-likeness (QED) is 0.539. The van der Waals surface area contributed by atoms with Crippen LogP contribution in [0.1, 0.15) is 26.2 Å². The molecule has 2 heterocycles. The third kappa shape index (κ3) is 3.82. The molecule has 0 bridgehead atoms. The van der Waals surface area contributed by atoms with Crippen LogP contribution in [0, 0.1) is 5.92 Å². The number of ether oxygens (including phenoxy) is 3. The number of anilines is 1. The van der Waals surface area contributed by atoms with Crippen LogP contribution < -0.4 is 14.4 Å². The number of esters is 1. The first-order chi connectivity index (χ1) is 13.5. The largest absolute Gasteiger partial charge is 0.497 e. The minimum atomic E-state index is -0.573. The number of hydrogen-bond acceptors (Lipinski definition) is 7. The Bertz CT molecular complexity index is 765. The van der Waals surface area contributed by atoms with Crippen LogP contribution in [0.3, 0.4) is 0 Å². The van der Waals surface area contributed by atoms with E-state index in [4.69, 9.17) is 14.2 Å². The second-order valence-electron chi connectivity index (χ2n) is 6.91. The van der Waals surface area contributed by atoms with Crippen LogP contribution in [0.5, 0.6) is 11.5 Å². The Morgan fingerprint density at radius 3 is 2.68 bits per heavy atom. The lowest BCUT2D eigenvalue weighted by molar-refractivity contribution is -0.150. The summed E-state index contributed by atoms with van der Waals surface area (Å²) in [6, 6.07) is 4.40. The number of carbonyl (C=O) groups is 3. The second-order valence-corrected chi connectivity index (χ2v) is 6.91. The van der Waals surface area contributed by atoms with E-state index in [9.17, 15) is 14.4 Å². The summed E-state index contributed by atoms with van der Waals surface area (Å²) in [5.41, 5.74) is 0.403. The van der Waals surface area contributed by atoms with Crippen molar-refractivity contribution in [3.05, 3.63) is 18.2 Å². The number of rotatable bonds is 6. The molecule has 3 rings (SSSR count). The van der Waals surface area contributed by atoms with E-state index < -0.39 is 6.04 Å². The van der Waals surface area contributed by atoms with Crippen molar-refractivity contribution >= 4 is 23.5 Å². The number of methoxy groups -OCH3 is 2. The smallest absolute Gasteiger partial charge is 0.310 e. The average molecular weight is 390 g/mol. The fourth-order valence-corrected chi connectivity index (χ4v) is 3.87. The van der Waals surface area contributed by atoms with Gasteiger partial charge < -0.3 is 14.2 Å². The molecule has 2 atom stereocenters. The van der Waals surface area contributed by atoms with Crippen molar-refractivity contribution in [1.29, 1.82) is 0 Å². The molecule has 2 amide bonds. The van der Waals surface area contributed by atoms with E-state index in [0.29, 0.717) is 36.9 Å². The summed E-state index contributed by atoms with van der Waals surface area (Å²) in [4.78, 5) is 41.0. The van der Waals surface area contributed by atoms with Crippen molar-refractivity contribution in [2.45, 2.75) is 32.2 Å². The first kappa shape index (κ1) is 20.1. The number of nitrogens with zero attached hydrogens (tertiary/aromatic N) is 2. The van der Waals surface area contributed by atoms with E-state index in [0.717, 1.165) is 12.8 Å². The summed E-state index contributed by atoms with van der Waals surface area (Å²) < 4.78 is 15.7. The Hall–Kier alpha value is -2.61. The van der Waals surface area contributed by atoms with Gasteiger partial charge in [0.15, 0.2) is 0 Å². The van der Waals surface area contributed by atoms with Crippen LogP contribution in [0.4, 0.5) is 5.69 Å². The van der Waals surface area contributed by atoms with Crippen LogP contribution in [-0.2, 0) is 19.1 Å². The minimum Gasteiger partial charge on any atom is -0.497 e. The molecule has 0 aromatic heterocycles. The Morgan fingerprint density at radius 1 is 1.21 bits per heavy atom. The summed E-state index contributed by atoms with van der Waals surface area (Å²) in [6.07, 6.45) is 1.61. The van der Waals surface area contributed by atoms with E-state index in [2.05, 4.69) is 0 Å². The lowest BCUT2D eigenvalue weighted by Crippen LogP contribution is -2.48. The van der Waals surface area contributed by atoms with Gasteiger partial charge in [0.05, 0.1) is 44.9 Å². The zero-order valence-electron chi connectivity index (χ0n) is 16.5. The molecule has 28 heavy (non-hydrogen) atoms. The number of benzene rings is 1. The fraction of sp³-hybridized carbons (Fsp3) is 0.550. The van der Waals surface area contributed by atoms with Gasteiger partial charge in [0, 0.05) is 12.6 Å². The molecule has 0 aliphatic carbocycles. The van der Waals surface area contributed by atoms with Crippen molar-refractivity contribution in [2.75, 3.05) is 38.8 Å². The van der Waals surface area contributed by atoms with Gasteiger partial charge >= 0.3 is 5.97 Å². The summed E-state index contributed by atoms with van der Waals surface area (Å²) in [7, 11) is 3.02. The maximum atomic E-state index is 13.1. The zero-order valence-corrected chi connectivity index (χ0v) is 16.5. The molecule has 0 spiro atoms. The van der Waals surface area contributed by atoms with Gasteiger partial charge in [-0.15, -0.1) is 0 Å². The Morgan fingerprint density at radius 2 is 2.00 bits per heavy atom. The van der Waals surface area contributed by atoms with E-state index in [1.807, 2.05) is 4.90 Å². The van der Waals surface area contributed by atoms with Crippen molar-refractivity contribution in [2.24, 2.45) is 5.92 Å². The number of piperidine rings is 1. The predicted octanol–water partition coefficient (Wildman–Crippen LogP) is 1.61. The standard InChI is InChI=1S/C20H26N2O6/c1-4-28-20(25)13-6-5-9-21(12-13)16-11-18(23)22(19(16)24)15-8-7-14(26-2)10-17(15)27-3/h7-8,10,13,16H,4-6,9,11-12H2,1-3H3/t13-,16+/m1/s1. The highest BCUT2D eigenvalue weighted by atomic mass is 16.5. The van der Waals surface area contributed by atoms with E-state index in [1.54, 1.807) is 25.1 Å². The fourth-order valence-electron chi connectivity index (χ4n) is 3.87. The molecule has 152 valence electrons. The van der Waals surface area contributed by atoms with Gasteiger partial charge in [-0.2, -0.15) is 0 Å². The van der Waals surface area contributed by atoms with Crippen molar-refractivity contribution < 1.29 is 28.6 Å². The van der Waals surface area contributed by atoms with E-state index in [1.165, 1.54) is 19.1 Å². The van der Waals surface area contributed by atoms with Crippen molar-refractivity contribution in [1.82, 2.24) is 4.90 Å². The zero-order chi connectivity index (χ0) is 20.3. The molecule has 8 heteroatoms. The molecular weight excluding hydrogens is 364 g/mol. The number of amides is 2. The number of hydrogen-bond donors (Lipinski definition) is 0. The van der Waals surface area contributed by atoms with Crippen LogP contribution in [0.15, 0.2) is 18.2 Å². The number of imide groups is 1. The SMILES string of the molecule is CCOC(=O)[C@@H]1CCCN([C@H]2CC(=O)N(c3ccc(OC)cc3OC)C2=O)C1. The van der Waals surface area contributed by atoms with Gasteiger partial charge in [-0.1, -0.05) is 0 Å². The highest BCUT2D eigenvalue weighted by Crippen LogP contribution is 2.36. The maximum Gasteiger partial charge on any atom is 0.310 e. The normalized spacial score (nSPS) is 23.0.